The van der Waals surface area contributed by atoms with Crippen molar-refractivity contribution in [1.82, 2.24) is 5.32 Å². The Kier molecular flexibility index (Phi) is 5.84. The Hall–Kier alpha value is -2.00. The maximum absolute atomic E-state index is 11.9. The number of nitrogens with one attached hydrogen (secondary N) is 1. The summed E-state index contributed by atoms with van der Waals surface area (Å²) in [5.41, 5.74) is 3.33. The Morgan fingerprint density at radius 2 is 1.82 bits per heavy atom. The lowest BCUT2D eigenvalue weighted by molar-refractivity contribution is -0.121. The Labute approximate surface area is 136 Å². The van der Waals surface area contributed by atoms with Crippen LogP contribution in [0.2, 0.25) is 5.02 Å². The van der Waals surface area contributed by atoms with Crippen molar-refractivity contribution in [3.05, 3.63) is 64.7 Å². The Bertz CT molecular complexity index is 623. The SMILES string of the molecule is CN(C)c1ccc(CNC(=O)CCc2cccc(Cl)c2)cc1. The van der Waals surface area contributed by atoms with Crippen LogP contribution in [0.3, 0.4) is 0 Å². The highest BCUT2D eigenvalue weighted by Crippen LogP contribution is 2.13. The molecule has 1 N–H and O–H groups in total. The lowest BCUT2D eigenvalue weighted by Crippen LogP contribution is -2.23. The van der Waals surface area contributed by atoms with Gasteiger partial charge in [0.15, 0.2) is 0 Å². The minimum atomic E-state index is 0.0525. The van der Waals surface area contributed by atoms with Crippen molar-refractivity contribution < 1.29 is 4.79 Å². The summed E-state index contributed by atoms with van der Waals surface area (Å²) in [5, 5.41) is 3.65. The van der Waals surface area contributed by atoms with E-state index in [2.05, 4.69) is 5.32 Å². The largest absolute Gasteiger partial charge is 0.378 e. The summed E-state index contributed by atoms with van der Waals surface area (Å²) >= 11 is 5.93. The monoisotopic (exact) mass is 316 g/mol. The summed E-state index contributed by atoms with van der Waals surface area (Å²) in [6.45, 7) is 0.558. The first-order chi connectivity index (χ1) is 10.5. The van der Waals surface area contributed by atoms with Crippen molar-refractivity contribution in [2.75, 3.05) is 19.0 Å². The average Bonchev–Trinajstić information content (AvgIpc) is 2.51. The molecule has 0 aliphatic carbocycles. The van der Waals surface area contributed by atoms with Gasteiger partial charge in [0.1, 0.15) is 0 Å². The Balaban J connectivity index is 1.77. The first-order valence-corrected chi connectivity index (χ1v) is 7.70. The molecule has 0 unspecified atom stereocenters. The normalized spacial score (nSPS) is 10.3. The van der Waals surface area contributed by atoms with Crippen LogP contribution < -0.4 is 10.2 Å². The number of nitrogens with zero attached hydrogens (tertiary/aromatic N) is 1. The van der Waals surface area contributed by atoms with Crippen LogP contribution in [0.5, 0.6) is 0 Å². The van der Waals surface area contributed by atoms with Crippen LogP contribution >= 0.6 is 11.6 Å². The van der Waals surface area contributed by atoms with Crippen LogP contribution in [0, 0.1) is 0 Å². The predicted molar refractivity (Wildman–Crippen MR) is 92.4 cm³/mol. The van der Waals surface area contributed by atoms with E-state index >= 15 is 0 Å². The quantitative estimate of drug-likeness (QED) is 0.882. The summed E-state index contributed by atoms with van der Waals surface area (Å²) in [7, 11) is 4.01. The van der Waals surface area contributed by atoms with Crippen molar-refractivity contribution in [3.8, 4) is 0 Å². The van der Waals surface area contributed by atoms with Crippen LogP contribution in [-0.4, -0.2) is 20.0 Å². The van der Waals surface area contributed by atoms with Gasteiger partial charge in [-0.1, -0.05) is 35.9 Å². The number of hydrogen-bond acceptors (Lipinski definition) is 2. The summed E-state index contributed by atoms with van der Waals surface area (Å²) in [4.78, 5) is 13.9. The molecule has 4 heteroatoms. The third kappa shape index (κ3) is 5.08. The van der Waals surface area contributed by atoms with Gasteiger partial charge in [-0.2, -0.15) is 0 Å². The van der Waals surface area contributed by atoms with Gasteiger partial charge in [-0.05, 0) is 41.8 Å². The van der Waals surface area contributed by atoms with Crippen molar-refractivity contribution >= 4 is 23.2 Å². The second-order valence-corrected chi connectivity index (χ2v) is 5.90. The molecule has 0 fully saturated rings. The molecule has 0 aliphatic heterocycles. The van der Waals surface area contributed by atoms with Crippen LogP contribution in [-0.2, 0) is 17.8 Å². The first kappa shape index (κ1) is 16.4. The second kappa shape index (κ2) is 7.85. The molecule has 2 rings (SSSR count). The molecule has 0 saturated heterocycles. The number of hydrogen-bond donors (Lipinski definition) is 1. The van der Waals surface area contributed by atoms with Gasteiger partial charge in [0.2, 0.25) is 5.91 Å². The molecule has 0 aromatic heterocycles. The van der Waals surface area contributed by atoms with E-state index < -0.39 is 0 Å². The Morgan fingerprint density at radius 1 is 1.09 bits per heavy atom. The number of amides is 1. The first-order valence-electron chi connectivity index (χ1n) is 7.32. The van der Waals surface area contributed by atoms with E-state index in [0.717, 1.165) is 16.8 Å². The van der Waals surface area contributed by atoms with Crippen LogP contribution in [0.1, 0.15) is 17.5 Å². The van der Waals surface area contributed by atoms with E-state index in [1.807, 2.05) is 67.5 Å². The zero-order valence-electron chi connectivity index (χ0n) is 13.0. The lowest BCUT2D eigenvalue weighted by atomic mass is 10.1. The minimum absolute atomic E-state index is 0.0525. The van der Waals surface area contributed by atoms with Gasteiger partial charge in [0, 0.05) is 37.8 Å². The van der Waals surface area contributed by atoms with Crippen LogP contribution in [0.25, 0.3) is 0 Å². The van der Waals surface area contributed by atoms with Gasteiger partial charge in [0.05, 0.1) is 0 Å². The zero-order chi connectivity index (χ0) is 15.9. The number of benzene rings is 2. The molecular weight excluding hydrogens is 296 g/mol. The molecule has 0 aliphatic rings. The fraction of sp³-hybridized carbons (Fsp3) is 0.278. The molecule has 0 bridgehead atoms. The summed E-state index contributed by atoms with van der Waals surface area (Å²) in [6, 6.07) is 15.8. The molecule has 1 amide bonds. The molecule has 0 atom stereocenters. The minimum Gasteiger partial charge on any atom is -0.378 e. The van der Waals surface area contributed by atoms with Crippen molar-refractivity contribution in [2.24, 2.45) is 0 Å². The molecule has 0 spiro atoms. The predicted octanol–water partition coefficient (Wildman–Crippen LogP) is 3.66. The molecular formula is C18H21ClN2O. The highest BCUT2D eigenvalue weighted by atomic mass is 35.5. The molecule has 2 aromatic carbocycles. The molecule has 0 saturated carbocycles. The van der Waals surface area contributed by atoms with Gasteiger partial charge >= 0.3 is 0 Å². The smallest absolute Gasteiger partial charge is 0.220 e. The van der Waals surface area contributed by atoms with Crippen molar-refractivity contribution in [1.29, 1.82) is 0 Å². The van der Waals surface area contributed by atoms with E-state index in [4.69, 9.17) is 11.6 Å². The Morgan fingerprint density at radius 3 is 2.45 bits per heavy atom. The third-order valence-electron chi connectivity index (χ3n) is 3.47. The van der Waals surface area contributed by atoms with E-state index in [1.54, 1.807) is 0 Å². The highest BCUT2D eigenvalue weighted by Gasteiger charge is 2.03. The summed E-state index contributed by atoms with van der Waals surface area (Å²) < 4.78 is 0. The molecule has 0 radical (unpaired) electrons. The topological polar surface area (TPSA) is 32.3 Å². The molecule has 22 heavy (non-hydrogen) atoms. The molecule has 0 heterocycles. The maximum Gasteiger partial charge on any atom is 0.220 e. The molecule has 2 aromatic rings. The van der Waals surface area contributed by atoms with E-state index in [1.165, 1.54) is 0 Å². The second-order valence-electron chi connectivity index (χ2n) is 5.47. The lowest BCUT2D eigenvalue weighted by Gasteiger charge is -2.13. The van der Waals surface area contributed by atoms with Gasteiger partial charge in [-0.3, -0.25) is 4.79 Å². The number of halogens is 1. The number of rotatable bonds is 6. The number of aryl methyl sites for hydroxylation is 1. The summed E-state index contributed by atoms with van der Waals surface area (Å²) in [5.74, 6) is 0.0525. The number of carbonyl (C=O) groups is 1. The number of anilines is 1. The highest BCUT2D eigenvalue weighted by molar-refractivity contribution is 6.30. The zero-order valence-corrected chi connectivity index (χ0v) is 13.7. The van der Waals surface area contributed by atoms with Crippen molar-refractivity contribution in [3.63, 3.8) is 0 Å². The summed E-state index contributed by atoms with van der Waals surface area (Å²) in [6.07, 6.45) is 1.17. The van der Waals surface area contributed by atoms with Gasteiger partial charge in [-0.25, -0.2) is 0 Å². The fourth-order valence-corrected chi connectivity index (χ4v) is 2.36. The van der Waals surface area contributed by atoms with E-state index in [-0.39, 0.29) is 5.91 Å². The average molecular weight is 317 g/mol. The van der Waals surface area contributed by atoms with Crippen LogP contribution in [0.4, 0.5) is 5.69 Å². The standard InChI is InChI=1S/C18H21ClN2O/c1-21(2)17-9-6-15(7-10-17)13-20-18(22)11-8-14-4-3-5-16(19)12-14/h3-7,9-10,12H,8,11,13H2,1-2H3,(H,20,22). The maximum atomic E-state index is 11.9. The third-order valence-corrected chi connectivity index (χ3v) is 3.71. The van der Waals surface area contributed by atoms with E-state index in [0.29, 0.717) is 24.4 Å². The van der Waals surface area contributed by atoms with Gasteiger partial charge in [0.25, 0.3) is 0 Å². The molecule has 3 nitrogen and oxygen atoms in total. The van der Waals surface area contributed by atoms with E-state index in [9.17, 15) is 4.79 Å². The molecule has 116 valence electrons. The van der Waals surface area contributed by atoms with Crippen molar-refractivity contribution in [2.45, 2.75) is 19.4 Å². The van der Waals surface area contributed by atoms with Gasteiger partial charge < -0.3 is 10.2 Å². The number of carbonyl (C=O) groups excluding carboxylic acids is 1. The van der Waals surface area contributed by atoms with Crippen LogP contribution in [0.15, 0.2) is 48.5 Å². The fourth-order valence-electron chi connectivity index (χ4n) is 2.15. The van der Waals surface area contributed by atoms with Gasteiger partial charge in [-0.15, -0.1) is 0 Å².